The van der Waals surface area contributed by atoms with Crippen LogP contribution in [0.25, 0.3) is 0 Å². The number of benzene rings is 2. The predicted molar refractivity (Wildman–Crippen MR) is 80.8 cm³/mol. The van der Waals surface area contributed by atoms with E-state index in [1.54, 1.807) is 24.3 Å². The molecule has 0 bridgehead atoms. The number of amides is 1. The van der Waals surface area contributed by atoms with Gasteiger partial charge in [0.05, 0.1) is 5.69 Å². The molecule has 5 heteroatoms. The lowest BCUT2D eigenvalue weighted by molar-refractivity contribution is -0.117. The van der Waals surface area contributed by atoms with Gasteiger partial charge in [-0.3, -0.25) is 4.79 Å². The van der Waals surface area contributed by atoms with Crippen LogP contribution in [-0.4, -0.2) is 5.91 Å². The monoisotopic (exact) mass is 336 g/mol. The van der Waals surface area contributed by atoms with Gasteiger partial charge in [-0.15, -0.1) is 0 Å². The second-order valence-electron chi connectivity index (χ2n) is 4.47. The fourth-order valence-electron chi connectivity index (χ4n) is 1.74. The summed E-state index contributed by atoms with van der Waals surface area (Å²) in [5, 5.41) is 2.51. The number of carbonyl (C=O) groups is 1. The summed E-state index contributed by atoms with van der Waals surface area (Å²) >= 11 is 3.19. The highest BCUT2D eigenvalue weighted by Gasteiger charge is 2.18. The Labute approximate surface area is 125 Å². The number of aryl methyl sites for hydroxylation is 1. The zero-order valence-corrected chi connectivity index (χ0v) is 12.4. The van der Waals surface area contributed by atoms with E-state index in [1.165, 1.54) is 6.07 Å². The zero-order chi connectivity index (χ0) is 14.7. The number of rotatable bonds is 3. The molecule has 0 spiro atoms. The molecule has 3 N–H and O–H groups in total. The van der Waals surface area contributed by atoms with Crippen LogP contribution in [0.2, 0.25) is 0 Å². The van der Waals surface area contributed by atoms with Crippen molar-refractivity contribution in [2.45, 2.75) is 13.0 Å². The van der Waals surface area contributed by atoms with Gasteiger partial charge in [0, 0.05) is 4.47 Å². The van der Waals surface area contributed by atoms with Crippen LogP contribution >= 0.6 is 15.9 Å². The molecule has 104 valence electrons. The van der Waals surface area contributed by atoms with Crippen molar-refractivity contribution in [1.82, 2.24) is 0 Å². The molecule has 0 saturated heterocycles. The van der Waals surface area contributed by atoms with Crippen molar-refractivity contribution in [3.05, 3.63) is 63.9 Å². The van der Waals surface area contributed by atoms with Crippen LogP contribution in [-0.2, 0) is 4.79 Å². The summed E-state index contributed by atoms with van der Waals surface area (Å²) in [5.74, 6) is -0.969. The highest BCUT2D eigenvalue weighted by molar-refractivity contribution is 9.10. The number of hydrogen-bond acceptors (Lipinski definition) is 2. The van der Waals surface area contributed by atoms with E-state index >= 15 is 0 Å². The fourth-order valence-corrected chi connectivity index (χ4v) is 2.18. The highest BCUT2D eigenvalue weighted by atomic mass is 79.9. The molecule has 0 heterocycles. The quantitative estimate of drug-likeness (QED) is 0.900. The highest BCUT2D eigenvalue weighted by Crippen LogP contribution is 2.26. The minimum absolute atomic E-state index is 0.0973. The maximum absolute atomic E-state index is 13.6. The molecule has 20 heavy (non-hydrogen) atoms. The number of para-hydroxylation sites is 1. The van der Waals surface area contributed by atoms with Gasteiger partial charge in [0.2, 0.25) is 5.91 Å². The largest absolute Gasteiger partial charge is 0.321 e. The molecule has 1 unspecified atom stereocenters. The van der Waals surface area contributed by atoms with E-state index in [-0.39, 0.29) is 5.69 Å². The molecule has 0 aliphatic carbocycles. The molecular weight excluding hydrogens is 323 g/mol. The summed E-state index contributed by atoms with van der Waals surface area (Å²) in [6.07, 6.45) is 0. The van der Waals surface area contributed by atoms with Crippen molar-refractivity contribution in [3.8, 4) is 0 Å². The summed E-state index contributed by atoms with van der Waals surface area (Å²) in [5.41, 5.74) is 7.75. The van der Waals surface area contributed by atoms with Gasteiger partial charge < -0.3 is 11.1 Å². The van der Waals surface area contributed by atoms with Gasteiger partial charge in [0.15, 0.2) is 0 Å². The summed E-state index contributed by atoms with van der Waals surface area (Å²) in [6.45, 7) is 1.95. The van der Waals surface area contributed by atoms with Gasteiger partial charge in [-0.25, -0.2) is 4.39 Å². The Kier molecular flexibility index (Phi) is 4.52. The predicted octanol–water partition coefficient (Wildman–Crippen LogP) is 3.54. The van der Waals surface area contributed by atoms with Crippen LogP contribution in [0.1, 0.15) is 17.2 Å². The Morgan fingerprint density at radius 3 is 2.50 bits per heavy atom. The van der Waals surface area contributed by atoms with Crippen LogP contribution in [0.5, 0.6) is 0 Å². The molecule has 0 saturated carbocycles. The van der Waals surface area contributed by atoms with E-state index in [0.717, 1.165) is 5.56 Å². The molecule has 0 aliphatic rings. The first-order chi connectivity index (χ1) is 9.49. The maximum atomic E-state index is 13.6. The molecule has 0 fully saturated rings. The lowest BCUT2D eigenvalue weighted by atomic mass is 10.1. The first-order valence-corrected chi connectivity index (χ1v) is 6.85. The topological polar surface area (TPSA) is 55.1 Å². The lowest BCUT2D eigenvalue weighted by Crippen LogP contribution is -2.28. The Bertz CT molecular complexity index is 608. The zero-order valence-electron chi connectivity index (χ0n) is 10.9. The molecule has 1 amide bonds. The molecule has 2 rings (SSSR count). The Morgan fingerprint density at radius 1 is 1.25 bits per heavy atom. The van der Waals surface area contributed by atoms with Gasteiger partial charge in [0.25, 0.3) is 0 Å². The number of nitrogens with two attached hydrogens (primary N) is 1. The molecule has 2 aromatic carbocycles. The van der Waals surface area contributed by atoms with Crippen molar-refractivity contribution in [2.75, 3.05) is 5.32 Å². The molecule has 0 radical (unpaired) electrons. The van der Waals surface area contributed by atoms with Crippen molar-refractivity contribution < 1.29 is 9.18 Å². The van der Waals surface area contributed by atoms with E-state index in [9.17, 15) is 9.18 Å². The third-order valence-corrected chi connectivity index (χ3v) is 3.59. The number of halogens is 2. The summed E-state index contributed by atoms with van der Waals surface area (Å²) < 4.78 is 14.1. The van der Waals surface area contributed by atoms with Crippen molar-refractivity contribution in [3.63, 3.8) is 0 Å². The average Bonchev–Trinajstić information content (AvgIpc) is 2.43. The van der Waals surface area contributed by atoms with E-state index < -0.39 is 17.8 Å². The third kappa shape index (κ3) is 3.23. The van der Waals surface area contributed by atoms with Gasteiger partial charge in [-0.05, 0) is 40.5 Å². The second-order valence-corrected chi connectivity index (χ2v) is 5.33. The number of hydrogen-bond donors (Lipinski definition) is 2. The van der Waals surface area contributed by atoms with Crippen molar-refractivity contribution >= 4 is 27.5 Å². The molecular formula is C15H14BrFN2O. The van der Waals surface area contributed by atoms with Crippen molar-refractivity contribution in [1.29, 1.82) is 0 Å². The Morgan fingerprint density at radius 2 is 1.90 bits per heavy atom. The van der Waals surface area contributed by atoms with Crippen LogP contribution in [0, 0.1) is 12.7 Å². The van der Waals surface area contributed by atoms with E-state index in [2.05, 4.69) is 21.2 Å². The van der Waals surface area contributed by atoms with Crippen molar-refractivity contribution in [2.24, 2.45) is 5.73 Å². The van der Waals surface area contributed by atoms with E-state index in [1.807, 2.05) is 19.1 Å². The molecule has 0 aliphatic heterocycles. The summed E-state index contributed by atoms with van der Waals surface area (Å²) in [4.78, 5) is 12.1. The third-order valence-electron chi connectivity index (χ3n) is 2.93. The number of anilines is 1. The molecule has 2 aromatic rings. The van der Waals surface area contributed by atoms with Gasteiger partial charge in [-0.2, -0.15) is 0 Å². The molecule has 3 nitrogen and oxygen atoms in total. The van der Waals surface area contributed by atoms with Gasteiger partial charge in [-0.1, -0.05) is 35.9 Å². The molecule has 1 atom stereocenters. The maximum Gasteiger partial charge on any atom is 0.245 e. The van der Waals surface area contributed by atoms with E-state index in [4.69, 9.17) is 5.73 Å². The minimum atomic E-state index is -0.845. The SMILES string of the molecule is Cc1ccc(C(N)C(=O)Nc2c(F)cccc2Br)cc1. The smallest absolute Gasteiger partial charge is 0.245 e. The van der Waals surface area contributed by atoms with Gasteiger partial charge in [0.1, 0.15) is 11.9 Å². The fraction of sp³-hybridized carbons (Fsp3) is 0.133. The van der Waals surface area contributed by atoms with Crippen LogP contribution in [0.4, 0.5) is 10.1 Å². The minimum Gasteiger partial charge on any atom is -0.321 e. The number of nitrogens with one attached hydrogen (secondary N) is 1. The first-order valence-electron chi connectivity index (χ1n) is 6.06. The lowest BCUT2D eigenvalue weighted by Gasteiger charge is -2.14. The van der Waals surface area contributed by atoms with Crippen LogP contribution in [0.3, 0.4) is 0 Å². The standard InChI is InChI=1S/C15H14BrFN2O/c1-9-5-7-10(8-6-9)13(18)15(20)19-14-11(16)3-2-4-12(14)17/h2-8,13H,18H2,1H3,(H,19,20). The first kappa shape index (κ1) is 14.7. The summed E-state index contributed by atoms with van der Waals surface area (Å²) in [7, 11) is 0. The average molecular weight is 337 g/mol. The second kappa shape index (κ2) is 6.15. The normalized spacial score (nSPS) is 12.0. The summed E-state index contributed by atoms with van der Waals surface area (Å²) in [6, 6.07) is 11.0. The Balaban J connectivity index is 2.18. The molecule has 0 aromatic heterocycles. The number of carbonyl (C=O) groups excluding carboxylic acids is 1. The van der Waals surface area contributed by atoms with Crippen LogP contribution < -0.4 is 11.1 Å². The van der Waals surface area contributed by atoms with E-state index in [0.29, 0.717) is 10.0 Å². The van der Waals surface area contributed by atoms with Crippen LogP contribution in [0.15, 0.2) is 46.9 Å². The van der Waals surface area contributed by atoms with Gasteiger partial charge >= 0.3 is 0 Å². The Hall–Kier alpha value is -1.72.